The minimum atomic E-state index is -0.444. The van der Waals surface area contributed by atoms with Gasteiger partial charge in [-0.2, -0.15) is 9.78 Å². The number of amides is 1. The van der Waals surface area contributed by atoms with Gasteiger partial charge in [0.2, 0.25) is 0 Å². The molecule has 10 heteroatoms. The monoisotopic (exact) mass is 542 g/mol. The summed E-state index contributed by atoms with van der Waals surface area (Å²) in [5, 5.41) is 8.41. The van der Waals surface area contributed by atoms with Crippen molar-refractivity contribution in [3.63, 3.8) is 0 Å². The molecule has 2 aromatic heterocycles. The third-order valence-corrected chi connectivity index (χ3v) is 6.21. The number of aromatic nitrogens is 3. The molecule has 0 fully saturated rings. The van der Waals surface area contributed by atoms with Crippen LogP contribution >= 0.6 is 11.6 Å². The van der Waals surface area contributed by atoms with E-state index < -0.39 is 5.91 Å². The van der Waals surface area contributed by atoms with Crippen molar-refractivity contribution in [3.8, 4) is 28.7 Å². The first-order valence-electron chi connectivity index (χ1n) is 11.8. The average molecular weight is 543 g/mol. The van der Waals surface area contributed by atoms with Gasteiger partial charge in [0.1, 0.15) is 11.5 Å². The van der Waals surface area contributed by atoms with Crippen LogP contribution in [0.25, 0.3) is 16.6 Å². The predicted molar refractivity (Wildman–Crippen MR) is 149 cm³/mol. The smallest absolute Gasteiger partial charge is 0.276 e. The number of pyridine rings is 1. The van der Waals surface area contributed by atoms with E-state index in [4.69, 9.17) is 25.8 Å². The van der Waals surface area contributed by atoms with Crippen molar-refractivity contribution in [2.24, 2.45) is 0 Å². The molecule has 0 saturated carbocycles. The summed E-state index contributed by atoms with van der Waals surface area (Å²) < 4.78 is 18.1. The van der Waals surface area contributed by atoms with Crippen LogP contribution in [-0.2, 0) is 0 Å². The highest BCUT2D eigenvalue weighted by atomic mass is 35.5. The van der Waals surface area contributed by atoms with Crippen molar-refractivity contribution in [1.29, 1.82) is 0 Å². The number of carbonyl (C=O) groups is 1. The van der Waals surface area contributed by atoms with Crippen LogP contribution < -0.4 is 25.1 Å². The molecule has 1 amide bonds. The van der Waals surface area contributed by atoms with Gasteiger partial charge in [0.15, 0.2) is 17.2 Å². The molecule has 0 radical (unpaired) electrons. The highest BCUT2D eigenvalue weighted by Gasteiger charge is 2.16. The molecule has 5 rings (SSSR count). The zero-order valence-corrected chi connectivity index (χ0v) is 22.0. The van der Waals surface area contributed by atoms with E-state index in [0.717, 1.165) is 5.39 Å². The SMILES string of the molecule is COc1cc2nccc(Oc3ccc(-n4nc(C(=O)Nc5ccc(Cl)cc5)c(C)cc4=O)cc3)c2cc1OC. The van der Waals surface area contributed by atoms with Gasteiger partial charge in [-0.05, 0) is 73.2 Å². The number of nitrogens with one attached hydrogen (secondary N) is 1. The molecule has 3 aromatic carbocycles. The van der Waals surface area contributed by atoms with Crippen LogP contribution in [0.5, 0.6) is 23.0 Å². The largest absolute Gasteiger partial charge is 0.493 e. The number of rotatable bonds is 7. The molecule has 39 heavy (non-hydrogen) atoms. The van der Waals surface area contributed by atoms with Gasteiger partial charge in [-0.25, -0.2) is 0 Å². The van der Waals surface area contributed by atoms with Crippen LogP contribution in [0.15, 0.2) is 83.8 Å². The molecule has 2 heterocycles. The summed E-state index contributed by atoms with van der Waals surface area (Å²) in [6.07, 6.45) is 1.64. The van der Waals surface area contributed by atoms with E-state index in [1.54, 1.807) is 94.1 Å². The maximum Gasteiger partial charge on any atom is 0.276 e. The fourth-order valence-corrected chi connectivity index (χ4v) is 4.12. The normalized spacial score (nSPS) is 10.8. The molecule has 0 aliphatic rings. The average Bonchev–Trinajstić information content (AvgIpc) is 2.94. The van der Waals surface area contributed by atoms with Crippen LogP contribution in [-0.4, -0.2) is 34.9 Å². The fraction of sp³-hybridized carbons (Fsp3) is 0.103. The summed E-state index contributed by atoms with van der Waals surface area (Å²) in [5.74, 6) is 1.78. The van der Waals surface area contributed by atoms with E-state index in [-0.39, 0.29) is 11.3 Å². The summed E-state index contributed by atoms with van der Waals surface area (Å²) in [6.45, 7) is 1.66. The molecule has 0 bridgehead atoms. The van der Waals surface area contributed by atoms with Crippen molar-refractivity contribution in [1.82, 2.24) is 14.8 Å². The molecular weight excluding hydrogens is 520 g/mol. The van der Waals surface area contributed by atoms with E-state index in [2.05, 4.69) is 15.4 Å². The molecule has 1 N–H and O–H groups in total. The Balaban J connectivity index is 1.41. The lowest BCUT2D eigenvalue weighted by Crippen LogP contribution is -2.26. The lowest BCUT2D eigenvalue weighted by Gasteiger charge is -2.13. The van der Waals surface area contributed by atoms with Crippen molar-refractivity contribution in [2.75, 3.05) is 19.5 Å². The number of aryl methyl sites for hydroxylation is 1. The Bertz CT molecular complexity index is 1730. The molecule has 0 atom stereocenters. The third-order valence-electron chi connectivity index (χ3n) is 5.96. The Morgan fingerprint density at radius 1 is 0.897 bits per heavy atom. The summed E-state index contributed by atoms with van der Waals surface area (Å²) in [7, 11) is 3.13. The molecule has 0 unspecified atom stereocenters. The molecule has 0 spiro atoms. The van der Waals surface area contributed by atoms with Crippen LogP contribution in [0.2, 0.25) is 5.02 Å². The summed E-state index contributed by atoms with van der Waals surface area (Å²) in [6, 6.07) is 20.2. The highest BCUT2D eigenvalue weighted by molar-refractivity contribution is 6.30. The van der Waals surface area contributed by atoms with Crippen LogP contribution in [0.3, 0.4) is 0 Å². The number of nitrogens with zero attached hydrogens (tertiary/aromatic N) is 3. The molecule has 0 aliphatic carbocycles. The van der Waals surface area contributed by atoms with Crippen molar-refractivity contribution in [2.45, 2.75) is 6.92 Å². The quantitative estimate of drug-likeness (QED) is 0.277. The third kappa shape index (κ3) is 5.39. The van der Waals surface area contributed by atoms with Gasteiger partial charge in [-0.1, -0.05) is 11.6 Å². The van der Waals surface area contributed by atoms with Gasteiger partial charge < -0.3 is 19.5 Å². The number of methoxy groups -OCH3 is 2. The number of benzene rings is 3. The van der Waals surface area contributed by atoms with Gasteiger partial charge in [0, 0.05) is 34.4 Å². The number of fused-ring (bicyclic) bond motifs is 1. The van der Waals surface area contributed by atoms with E-state index in [1.165, 1.54) is 10.7 Å². The van der Waals surface area contributed by atoms with Crippen molar-refractivity contribution in [3.05, 3.63) is 106 Å². The zero-order chi connectivity index (χ0) is 27.5. The van der Waals surface area contributed by atoms with Crippen LogP contribution in [0.4, 0.5) is 5.69 Å². The molecule has 0 aliphatic heterocycles. The number of anilines is 1. The van der Waals surface area contributed by atoms with E-state index in [9.17, 15) is 9.59 Å². The summed E-state index contributed by atoms with van der Waals surface area (Å²) in [5.41, 5.74) is 1.92. The Morgan fingerprint density at radius 2 is 1.59 bits per heavy atom. The number of ether oxygens (including phenoxy) is 3. The van der Waals surface area contributed by atoms with Gasteiger partial charge >= 0.3 is 0 Å². The Morgan fingerprint density at radius 3 is 2.28 bits per heavy atom. The Hall–Kier alpha value is -4.89. The second-order valence-electron chi connectivity index (χ2n) is 8.52. The first-order valence-corrected chi connectivity index (χ1v) is 12.2. The minimum Gasteiger partial charge on any atom is -0.493 e. The first-order chi connectivity index (χ1) is 18.9. The Labute approximate surface area is 228 Å². The topological polar surface area (TPSA) is 105 Å². The van der Waals surface area contributed by atoms with Crippen LogP contribution in [0.1, 0.15) is 16.1 Å². The van der Waals surface area contributed by atoms with Gasteiger partial charge in [0.25, 0.3) is 11.5 Å². The predicted octanol–water partition coefficient (Wildman–Crippen LogP) is 5.80. The lowest BCUT2D eigenvalue weighted by molar-refractivity contribution is 0.102. The maximum atomic E-state index is 12.9. The molecule has 5 aromatic rings. The van der Waals surface area contributed by atoms with Gasteiger partial charge in [-0.3, -0.25) is 14.6 Å². The second-order valence-corrected chi connectivity index (χ2v) is 8.95. The van der Waals surface area contributed by atoms with Crippen molar-refractivity contribution < 1.29 is 19.0 Å². The van der Waals surface area contributed by atoms with Gasteiger partial charge in [0.05, 0.1) is 25.4 Å². The van der Waals surface area contributed by atoms with E-state index >= 15 is 0 Å². The Kier molecular flexibility index (Phi) is 7.16. The lowest BCUT2D eigenvalue weighted by atomic mass is 10.2. The molecular formula is C29H23ClN4O5. The standard InChI is InChI=1S/C29H23ClN4O5/c1-17-14-27(35)34(33-28(17)29(36)32-19-6-4-18(30)5-7-19)20-8-10-21(11-9-20)39-24-12-13-31-23-16-26(38-3)25(37-2)15-22(23)24/h4-16H,1-3H3,(H,32,36). The molecule has 0 saturated heterocycles. The highest BCUT2D eigenvalue weighted by Crippen LogP contribution is 2.36. The second kappa shape index (κ2) is 10.8. The molecule has 196 valence electrons. The summed E-state index contributed by atoms with van der Waals surface area (Å²) in [4.78, 5) is 30.0. The summed E-state index contributed by atoms with van der Waals surface area (Å²) >= 11 is 5.92. The number of halogens is 1. The van der Waals surface area contributed by atoms with Crippen molar-refractivity contribution >= 4 is 34.1 Å². The number of hydrogen-bond acceptors (Lipinski definition) is 7. The minimum absolute atomic E-state index is 0.123. The van der Waals surface area contributed by atoms with Gasteiger partial charge in [-0.15, -0.1) is 0 Å². The number of hydrogen-bond donors (Lipinski definition) is 1. The fourth-order valence-electron chi connectivity index (χ4n) is 3.99. The maximum absolute atomic E-state index is 12.9. The molecule has 9 nitrogen and oxygen atoms in total. The van der Waals surface area contributed by atoms with E-state index in [0.29, 0.717) is 50.5 Å². The number of carbonyl (C=O) groups excluding carboxylic acids is 1. The first kappa shape index (κ1) is 25.7. The van der Waals surface area contributed by atoms with Crippen LogP contribution in [0, 0.1) is 6.92 Å². The zero-order valence-electron chi connectivity index (χ0n) is 21.3. The van der Waals surface area contributed by atoms with E-state index in [1.807, 2.05) is 0 Å².